The first-order valence-corrected chi connectivity index (χ1v) is 10.9. The molecule has 1 saturated heterocycles. The van der Waals surface area contributed by atoms with Crippen LogP contribution in [-0.4, -0.2) is 38.4 Å². The predicted octanol–water partition coefficient (Wildman–Crippen LogP) is 3.51. The first kappa shape index (κ1) is 20.0. The van der Waals surface area contributed by atoms with Crippen LogP contribution in [-0.2, 0) is 16.4 Å². The van der Waals surface area contributed by atoms with E-state index in [1.165, 1.54) is 12.1 Å². The fraction of sp³-hybridized carbons (Fsp3) is 0.429. The topological polar surface area (TPSA) is 49.4 Å². The maximum atomic E-state index is 13.3. The highest BCUT2D eigenvalue weighted by Gasteiger charge is 2.31. The van der Waals surface area contributed by atoms with E-state index in [0.717, 1.165) is 43.5 Å². The molecule has 1 aliphatic heterocycles. The molecule has 0 atom stereocenters. The van der Waals surface area contributed by atoms with E-state index in [-0.39, 0.29) is 11.9 Å². The smallest absolute Gasteiger partial charge is 0.243 e. The van der Waals surface area contributed by atoms with Crippen LogP contribution in [0.5, 0.6) is 0 Å². The average molecular weight is 391 g/mol. The molecular formula is C21H27FN2O2S. The monoisotopic (exact) mass is 390 g/mol. The number of nitrogens with zero attached hydrogens (tertiary/aromatic N) is 1. The summed E-state index contributed by atoms with van der Waals surface area (Å²) in [6.07, 6.45) is 3.08. The molecule has 3 rings (SSSR count). The van der Waals surface area contributed by atoms with Crippen molar-refractivity contribution in [2.45, 2.75) is 43.5 Å². The van der Waals surface area contributed by atoms with Crippen molar-refractivity contribution in [2.75, 3.05) is 19.6 Å². The van der Waals surface area contributed by atoms with Gasteiger partial charge >= 0.3 is 0 Å². The molecule has 6 heteroatoms. The predicted molar refractivity (Wildman–Crippen MR) is 106 cm³/mol. The van der Waals surface area contributed by atoms with Gasteiger partial charge in [0.2, 0.25) is 10.0 Å². The van der Waals surface area contributed by atoms with Crippen molar-refractivity contribution in [1.29, 1.82) is 0 Å². The van der Waals surface area contributed by atoms with Crippen LogP contribution in [0.2, 0.25) is 0 Å². The zero-order chi connectivity index (χ0) is 19.3. The number of sulfonamides is 1. The maximum absolute atomic E-state index is 13.3. The minimum Gasteiger partial charge on any atom is -0.317 e. The highest BCUT2D eigenvalue weighted by atomic mass is 32.2. The van der Waals surface area contributed by atoms with E-state index in [4.69, 9.17) is 0 Å². The molecule has 0 amide bonds. The third kappa shape index (κ3) is 5.15. The molecule has 1 fully saturated rings. The van der Waals surface area contributed by atoms with Gasteiger partial charge in [0.05, 0.1) is 4.90 Å². The molecule has 2 aromatic rings. The summed E-state index contributed by atoms with van der Waals surface area (Å²) in [5.74, 6) is -0.253. The van der Waals surface area contributed by atoms with Gasteiger partial charge in [-0.25, -0.2) is 12.8 Å². The number of aryl methyl sites for hydroxylation is 2. The number of hydrogen-bond donors (Lipinski definition) is 1. The molecule has 0 saturated carbocycles. The summed E-state index contributed by atoms with van der Waals surface area (Å²) in [5, 5.41) is 3.30. The SMILES string of the molecule is Cc1ccc(S(=O)(=O)N(CCCc2ccc(F)cc2)C2CCNCC2)cc1. The van der Waals surface area contributed by atoms with Gasteiger partial charge in [-0.15, -0.1) is 0 Å². The average Bonchev–Trinajstić information content (AvgIpc) is 2.67. The lowest BCUT2D eigenvalue weighted by Gasteiger charge is -2.34. The minimum atomic E-state index is -3.53. The van der Waals surface area contributed by atoms with E-state index in [1.807, 2.05) is 19.1 Å². The quantitative estimate of drug-likeness (QED) is 0.787. The first-order valence-electron chi connectivity index (χ1n) is 9.50. The zero-order valence-corrected chi connectivity index (χ0v) is 16.5. The van der Waals surface area contributed by atoms with Gasteiger partial charge in [0.1, 0.15) is 5.82 Å². The van der Waals surface area contributed by atoms with Crippen molar-refractivity contribution < 1.29 is 12.8 Å². The Balaban J connectivity index is 1.75. The van der Waals surface area contributed by atoms with Crippen molar-refractivity contribution in [3.63, 3.8) is 0 Å². The van der Waals surface area contributed by atoms with Gasteiger partial charge in [-0.2, -0.15) is 4.31 Å². The largest absolute Gasteiger partial charge is 0.317 e. The summed E-state index contributed by atoms with van der Waals surface area (Å²) >= 11 is 0. The first-order chi connectivity index (χ1) is 13.0. The lowest BCUT2D eigenvalue weighted by Crippen LogP contribution is -2.46. The van der Waals surface area contributed by atoms with Crippen LogP contribution in [0.25, 0.3) is 0 Å². The van der Waals surface area contributed by atoms with Gasteiger partial charge in [0.15, 0.2) is 0 Å². The second kappa shape index (κ2) is 8.95. The number of nitrogens with one attached hydrogen (secondary N) is 1. The van der Waals surface area contributed by atoms with E-state index in [1.54, 1.807) is 28.6 Å². The zero-order valence-electron chi connectivity index (χ0n) is 15.7. The summed E-state index contributed by atoms with van der Waals surface area (Å²) in [6.45, 7) is 4.09. The van der Waals surface area contributed by atoms with E-state index in [9.17, 15) is 12.8 Å². The van der Waals surface area contributed by atoms with Crippen molar-refractivity contribution in [1.82, 2.24) is 9.62 Å². The fourth-order valence-electron chi connectivity index (χ4n) is 3.53. The molecule has 4 nitrogen and oxygen atoms in total. The Bertz CT molecular complexity index is 829. The van der Waals surface area contributed by atoms with Gasteiger partial charge in [0, 0.05) is 12.6 Å². The second-order valence-corrected chi connectivity index (χ2v) is 9.03. The molecule has 27 heavy (non-hydrogen) atoms. The van der Waals surface area contributed by atoms with Gasteiger partial charge in [-0.3, -0.25) is 0 Å². The van der Waals surface area contributed by atoms with Gasteiger partial charge in [-0.1, -0.05) is 29.8 Å². The Hall–Kier alpha value is -1.76. The highest BCUT2D eigenvalue weighted by molar-refractivity contribution is 7.89. The van der Waals surface area contributed by atoms with Crippen molar-refractivity contribution in [3.05, 3.63) is 65.5 Å². The van der Waals surface area contributed by atoms with E-state index in [2.05, 4.69) is 5.32 Å². The van der Waals surface area contributed by atoms with Gasteiger partial charge in [-0.05, 0) is 75.5 Å². The molecule has 1 aliphatic rings. The molecule has 0 bridgehead atoms. The fourth-order valence-corrected chi connectivity index (χ4v) is 5.25. The molecule has 0 spiro atoms. The molecular weight excluding hydrogens is 363 g/mol. The van der Waals surface area contributed by atoms with Crippen LogP contribution in [0.3, 0.4) is 0 Å². The summed E-state index contributed by atoms with van der Waals surface area (Å²) in [5.41, 5.74) is 2.06. The minimum absolute atomic E-state index is 0.0192. The van der Waals surface area contributed by atoms with Crippen LogP contribution in [0.15, 0.2) is 53.4 Å². The lowest BCUT2D eigenvalue weighted by molar-refractivity contribution is 0.260. The molecule has 1 heterocycles. The van der Waals surface area contributed by atoms with Gasteiger partial charge in [0.25, 0.3) is 0 Å². The molecule has 0 aliphatic carbocycles. The maximum Gasteiger partial charge on any atom is 0.243 e. The van der Waals surface area contributed by atoms with E-state index >= 15 is 0 Å². The highest BCUT2D eigenvalue weighted by Crippen LogP contribution is 2.23. The molecule has 0 aromatic heterocycles. The van der Waals surface area contributed by atoms with E-state index in [0.29, 0.717) is 17.9 Å². The van der Waals surface area contributed by atoms with Gasteiger partial charge < -0.3 is 5.32 Å². The number of rotatable bonds is 7. The molecule has 2 aromatic carbocycles. The summed E-state index contributed by atoms with van der Waals surface area (Å²) in [7, 11) is -3.53. The van der Waals surface area contributed by atoms with Crippen LogP contribution >= 0.6 is 0 Å². The second-order valence-electron chi connectivity index (χ2n) is 7.14. The van der Waals surface area contributed by atoms with Crippen LogP contribution in [0.1, 0.15) is 30.4 Å². The Morgan fingerprint density at radius 1 is 1.04 bits per heavy atom. The molecule has 0 unspecified atom stereocenters. The summed E-state index contributed by atoms with van der Waals surface area (Å²) < 4.78 is 41.3. The van der Waals surface area contributed by atoms with Crippen LogP contribution in [0, 0.1) is 12.7 Å². The lowest BCUT2D eigenvalue weighted by atomic mass is 10.1. The van der Waals surface area contributed by atoms with Crippen molar-refractivity contribution in [2.24, 2.45) is 0 Å². The Labute approximate surface area is 161 Å². The number of benzene rings is 2. The molecule has 1 N–H and O–H groups in total. The number of halogens is 1. The normalized spacial score (nSPS) is 16.0. The van der Waals surface area contributed by atoms with Crippen LogP contribution in [0.4, 0.5) is 4.39 Å². The summed E-state index contributed by atoms with van der Waals surface area (Å²) in [6, 6.07) is 13.5. The molecule has 0 radical (unpaired) electrons. The van der Waals surface area contributed by atoms with Crippen LogP contribution < -0.4 is 5.32 Å². The third-order valence-corrected chi connectivity index (χ3v) is 7.07. The third-order valence-electron chi connectivity index (χ3n) is 5.10. The summed E-state index contributed by atoms with van der Waals surface area (Å²) in [4.78, 5) is 0.355. The van der Waals surface area contributed by atoms with Crippen molar-refractivity contribution >= 4 is 10.0 Å². The number of piperidine rings is 1. The standard InChI is InChI=1S/C21H27FN2O2S/c1-17-4-10-21(11-5-17)27(25,26)24(20-12-14-23-15-13-20)16-2-3-18-6-8-19(22)9-7-18/h4-11,20,23H,2-3,12-16H2,1H3. The Kier molecular flexibility index (Phi) is 6.63. The number of hydrogen-bond acceptors (Lipinski definition) is 3. The van der Waals surface area contributed by atoms with E-state index < -0.39 is 10.0 Å². The molecule has 146 valence electrons. The Morgan fingerprint density at radius 3 is 2.30 bits per heavy atom. The van der Waals surface area contributed by atoms with Crippen molar-refractivity contribution in [3.8, 4) is 0 Å². The Morgan fingerprint density at radius 2 is 1.67 bits per heavy atom.